The number of esters is 1. The lowest BCUT2D eigenvalue weighted by Crippen LogP contribution is -2.47. The standard InChI is InChI=1S/C19H21Cl2NO3/c1-11(2)18(24)25-16-15(13-7-6-12(20)10-14(13)21)17(23)22-19(16)8-4-3-5-9-19/h6-7,10-11H,3-5,8-9H2,1-2H3,(H,22,23). The van der Waals surface area contributed by atoms with E-state index in [2.05, 4.69) is 5.32 Å². The van der Waals surface area contributed by atoms with Crippen LogP contribution in [0.15, 0.2) is 24.0 Å². The number of halogens is 2. The van der Waals surface area contributed by atoms with Crippen molar-refractivity contribution >= 4 is 40.7 Å². The Kier molecular flexibility index (Phi) is 5.12. The van der Waals surface area contributed by atoms with E-state index in [1.54, 1.807) is 32.0 Å². The third kappa shape index (κ3) is 3.42. The molecule has 1 spiro atoms. The van der Waals surface area contributed by atoms with Gasteiger partial charge in [0.2, 0.25) is 0 Å². The molecule has 0 bridgehead atoms. The van der Waals surface area contributed by atoms with Crippen molar-refractivity contribution < 1.29 is 14.3 Å². The van der Waals surface area contributed by atoms with Crippen molar-refractivity contribution in [1.29, 1.82) is 0 Å². The van der Waals surface area contributed by atoms with E-state index in [1.807, 2.05) is 0 Å². The van der Waals surface area contributed by atoms with Crippen LogP contribution in [0.5, 0.6) is 0 Å². The number of amides is 1. The van der Waals surface area contributed by atoms with E-state index in [0.29, 0.717) is 26.9 Å². The van der Waals surface area contributed by atoms with Crippen molar-refractivity contribution in [2.24, 2.45) is 5.92 Å². The smallest absolute Gasteiger partial charge is 0.313 e. The molecule has 0 unspecified atom stereocenters. The van der Waals surface area contributed by atoms with Crippen LogP contribution in [0, 0.1) is 5.92 Å². The van der Waals surface area contributed by atoms with Gasteiger partial charge in [0.05, 0.1) is 22.1 Å². The Hall–Kier alpha value is -1.52. The number of ether oxygens (including phenoxy) is 1. The summed E-state index contributed by atoms with van der Waals surface area (Å²) in [6, 6.07) is 4.97. The van der Waals surface area contributed by atoms with E-state index in [1.165, 1.54) is 0 Å². The van der Waals surface area contributed by atoms with Gasteiger partial charge >= 0.3 is 5.97 Å². The molecule has 1 amide bonds. The van der Waals surface area contributed by atoms with Crippen molar-refractivity contribution in [1.82, 2.24) is 5.32 Å². The second kappa shape index (κ2) is 7.00. The zero-order valence-electron chi connectivity index (χ0n) is 14.3. The van der Waals surface area contributed by atoms with Gasteiger partial charge in [-0.3, -0.25) is 9.59 Å². The second-order valence-corrected chi connectivity index (χ2v) is 7.84. The van der Waals surface area contributed by atoms with Gasteiger partial charge in [0.25, 0.3) is 5.91 Å². The van der Waals surface area contributed by atoms with Crippen LogP contribution in [0.2, 0.25) is 10.0 Å². The van der Waals surface area contributed by atoms with Crippen LogP contribution < -0.4 is 5.32 Å². The normalized spacial score (nSPS) is 19.5. The van der Waals surface area contributed by atoms with Gasteiger partial charge in [-0.1, -0.05) is 62.4 Å². The fourth-order valence-corrected chi connectivity index (χ4v) is 3.99. The predicted molar refractivity (Wildman–Crippen MR) is 98.3 cm³/mol. The molecule has 1 heterocycles. The molecule has 1 aliphatic heterocycles. The second-order valence-electron chi connectivity index (χ2n) is 7.00. The maximum Gasteiger partial charge on any atom is 0.313 e. The number of rotatable bonds is 3. The Morgan fingerprint density at radius 3 is 2.48 bits per heavy atom. The summed E-state index contributed by atoms with van der Waals surface area (Å²) < 4.78 is 5.75. The van der Waals surface area contributed by atoms with Crippen molar-refractivity contribution in [3.05, 3.63) is 39.6 Å². The molecule has 3 rings (SSSR count). The highest BCUT2D eigenvalue weighted by Gasteiger charge is 2.48. The number of hydrogen-bond donors (Lipinski definition) is 1. The number of benzene rings is 1. The first-order chi connectivity index (χ1) is 11.8. The molecule has 0 radical (unpaired) electrons. The third-order valence-corrected chi connectivity index (χ3v) is 5.37. The Bertz CT molecular complexity index is 749. The SMILES string of the molecule is CC(C)C(=O)OC1=C(c2ccc(Cl)cc2Cl)C(=O)NC12CCCCC2. The summed E-state index contributed by atoms with van der Waals surface area (Å²) in [6.07, 6.45) is 4.58. The minimum atomic E-state index is -0.613. The number of carbonyl (C=O) groups excluding carboxylic acids is 2. The highest BCUT2D eigenvalue weighted by atomic mass is 35.5. The van der Waals surface area contributed by atoms with E-state index in [4.69, 9.17) is 27.9 Å². The molecule has 0 saturated heterocycles. The summed E-state index contributed by atoms with van der Waals surface area (Å²) in [4.78, 5) is 25.1. The largest absolute Gasteiger partial charge is 0.427 e. The monoisotopic (exact) mass is 381 g/mol. The number of carbonyl (C=O) groups is 2. The molecule has 134 valence electrons. The molecular formula is C19H21Cl2NO3. The Balaban J connectivity index is 2.14. The molecule has 6 heteroatoms. The molecular weight excluding hydrogens is 361 g/mol. The zero-order valence-corrected chi connectivity index (χ0v) is 15.8. The summed E-state index contributed by atoms with van der Waals surface area (Å²) in [5, 5.41) is 3.92. The molecule has 1 saturated carbocycles. The molecule has 1 aliphatic carbocycles. The van der Waals surface area contributed by atoms with Crippen molar-refractivity contribution in [2.75, 3.05) is 0 Å². The highest BCUT2D eigenvalue weighted by molar-refractivity contribution is 6.38. The highest BCUT2D eigenvalue weighted by Crippen LogP contribution is 2.44. The summed E-state index contributed by atoms with van der Waals surface area (Å²) in [7, 11) is 0. The van der Waals surface area contributed by atoms with Crippen LogP contribution in [-0.4, -0.2) is 17.4 Å². The van der Waals surface area contributed by atoms with Gasteiger partial charge in [-0.25, -0.2) is 0 Å². The maximum atomic E-state index is 12.8. The lowest BCUT2D eigenvalue weighted by Gasteiger charge is -2.35. The lowest BCUT2D eigenvalue weighted by molar-refractivity contribution is -0.144. The summed E-state index contributed by atoms with van der Waals surface area (Å²) >= 11 is 12.3. The first kappa shape index (κ1) is 18.3. The molecule has 2 aliphatic rings. The maximum absolute atomic E-state index is 12.8. The van der Waals surface area contributed by atoms with E-state index in [-0.39, 0.29) is 17.8 Å². The quantitative estimate of drug-likeness (QED) is 0.769. The lowest BCUT2D eigenvalue weighted by atomic mass is 9.80. The average molecular weight is 382 g/mol. The average Bonchev–Trinajstić information content (AvgIpc) is 2.80. The number of nitrogens with one attached hydrogen (secondary N) is 1. The van der Waals surface area contributed by atoms with E-state index in [0.717, 1.165) is 32.1 Å². The van der Waals surface area contributed by atoms with Gasteiger partial charge in [0.1, 0.15) is 5.76 Å². The molecule has 1 N–H and O–H groups in total. The first-order valence-corrected chi connectivity index (χ1v) is 9.34. The van der Waals surface area contributed by atoms with Crippen molar-refractivity contribution in [3.63, 3.8) is 0 Å². The predicted octanol–water partition coefficient (Wildman–Crippen LogP) is 4.74. The zero-order chi connectivity index (χ0) is 18.2. The molecule has 0 aromatic heterocycles. The minimum Gasteiger partial charge on any atom is -0.427 e. The fraction of sp³-hybridized carbons (Fsp3) is 0.474. The minimum absolute atomic E-state index is 0.252. The van der Waals surface area contributed by atoms with E-state index in [9.17, 15) is 9.59 Å². The Morgan fingerprint density at radius 2 is 1.88 bits per heavy atom. The van der Waals surface area contributed by atoms with Crippen LogP contribution in [0.4, 0.5) is 0 Å². The summed E-state index contributed by atoms with van der Waals surface area (Å²) in [6.45, 7) is 3.55. The first-order valence-electron chi connectivity index (χ1n) is 8.58. The van der Waals surface area contributed by atoms with Gasteiger partial charge in [-0.2, -0.15) is 0 Å². The van der Waals surface area contributed by atoms with Gasteiger partial charge in [0, 0.05) is 10.6 Å². The third-order valence-electron chi connectivity index (χ3n) is 4.82. The topological polar surface area (TPSA) is 55.4 Å². The van der Waals surface area contributed by atoms with Crippen molar-refractivity contribution in [2.45, 2.75) is 51.5 Å². The molecule has 0 atom stereocenters. The molecule has 1 fully saturated rings. The molecule has 1 aromatic carbocycles. The van der Waals surface area contributed by atoms with Crippen LogP contribution >= 0.6 is 23.2 Å². The van der Waals surface area contributed by atoms with Crippen LogP contribution in [0.25, 0.3) is 5.57 Å². The number of hydrogen-bond acceptors (Lipinski definition) is 3. The van der Waals surface area contributed by atoms with Gasteiger partial charge < -0.3 is 10.1 Å². The Morgan fingerprint density at radius 1 is 1.20 bits per heavy atom. The summed E-state index contributed by atoms with van der Waals surface area (Å²) in [5.74, 6) is -0.470. The van der Waals surface area contributed by atoms with Crippen molar-refractivity contribution in [3.8, 4) is 0 Å². The molecule has 4 nitrogen and oxygen atoms in total. The van der Waals surface area contributed by atoms with Crippen LogP contribution in [0.1, 0.15) is 51.5 Å². The fourth-order valence-electron chi connectivity index (χ4n) is 3.49. The Labute approximate surface area is 157 Å². The van der Waals surface area contributed by atoms with Gasteiger partial charge in [-0.15, -0.1) is 0 Å². The van der Waals surface area contributed by atoms with Crippen LogP contribution in [-0.2, 0) is 14.3 Å². The molecule has 1 aromatic rings. The van der Waals surface area contributed by atoms with Gasteiger partial charge in [-0.05, 0) is 25.0 Å². The van der Waals surface area contributed by atoms with E-state index < -0.39 is 5.54 Å². The van der Waals surface area contributed by atoms with Crippen LogP contribution in [0.3, 0.4) is 0 Å². The molecule has 25 heavy (non-hydrogen) atoms. The van der Waals surface area contributed by atoms with E-state index >= 15 is 0 Å². The summed E-state index contributed by atoms with van der Waals surface area (Å²) in [5.41, 5.74) is 0.271. The van der Waals surface area contributed by atoms with Gasteiger partial charge in [0.15, 0.2) is 0 Å².